The number of anilines is 1. The van der Waals surface area contributed by atoms with Crippen LogP contribution < -0.4 is 10.2 Å². The molecule has 2 saturated heterocycles. The van der Waals surface area contributed by atoms with Gasteiger partial charge in [-0.05, 0) is 75.9 Å². The third kappa shape index (κ3) is 6.58. The highest BCUT2D eigenvalue weighted by molar-refractivity contribution is 7.89. The average Bonchev–Trinajstić information content (AvgIpc) is 3.59. The number of amides is 1. The Morgan fingerprint density at radius 2 is 1.85 bits per heavy atom. The van der Waals surface area contributed by atoms with Gasteiger partial charge in [0.1, 0.15) is 11.6 Å². The number of nitrogens with one attached hydrogen (secondary N) is 1. The van der Waals surface area contributed by atoms with Crippen molar-refractivity contribution in [2.75, 3.05) is 64.1 Å². The van der Waals surface area contributed by atoms with Gasteiger partial charge < -0.3 is 24.3 Å². The SMILES string of the molecule is CCOCCCNC(=O)/C(C#N)=C/c1cc(C)n(-c2cc(S(=O)(=O)N3CCOCC3)ccc2N2CCCC2)c1C. The van der Waals surface area contributed by atoms with Gasteiger partial charge in [-0.2, -0.15) is 9.57 Å². The lowest BCUT2D eigenvalue weighted by Gasteiger charge is -2.28. The number of aryl methyl sites for hydroxylation is 1. The number of nitrogens with zero attached hydrogens (tertiary/aromatic N) is 4. The first-order chi connectivity index (χ1) is 19.3. The summed E-state index contributed by atoms with van der Waals surface area (Å²) >= 11 is 0. The second-order valence-corrected chi connectivity index (χ2v) is 11.9. The van der Waals surface area contributed by atoms with E-state index in [-0.39, 0.29) is 10.5 Å². The van der Waals surface area contributed by atoms with Crippen molar-refractivity contribution in [1.29, 1.82) is 5.26 Å². The quantitative estimate of drug-likeness (QED) is 0.251. The second-order valence-electron chi connectivity index (χ2n) is 10.00. The van der Waals surface area contributed by atoms with E-state index in [0.29, 0.717) is 52.5 Å². The lowest BCUT2D eigenvalue weighted by atomic mass is 10.1. The van der Waals surface area contributed by atoms with E-state index >= 15 is 0 Å². The van der Waals surface area contributed by atoms with E-state index in [4.69, 9.17) is 9.47 Å². The fourth-order valence-corrected chi connectivity index (χ4v) is 6.66. The van der Waals surface area contributed by atoms with Crippen LogP contribution in [0.1, 0.15) is 43.1 Å². The highest BCUT2D eigenvalue weighted by Crippen LogP contribution is 2.34. The van der Waals surface area contributed by atoms with Gasteiger partial charge >= 0.3 is 0 Å². The van der Waals surface area contributed by atoms with Crippen LogP contribution in [0.25, 0.3) is 11.8 Å². The van der Waals surface area contributed by atoms with Crippen molar-refractivity contribution in [3.8, 4) is 11.8 Å². The molecular formula is C29H39N5O5S. The molecule has 2 aliphatic rings. The molecule has 0 bridgehead atoms. The Morgan fingerprint density at radius 1 is 1.12 bits per heavy atom. The maximum atomic E-state index is 13.5. The maximum Gasteiger partial charge on any atom is 0.261 e. The van der Waals surface area contributed by atoms with E-state index in [9.17, 15) is 18.5 Å². The molecule has 0 atom stereocenters. The van der Waals surface area contributed by atoms with Crippen molar-refractivity contribution < 1.29 is 22.7 Å². The van der Waals surface area contributed by atoms with E-state index in [1.54, 1.807) is 18.2 Å². The number of nitriles is 1. The minimum atomic E-state index is -3.70. The fraction of sp³-hybridized carbons (Fsp3) is 0.517. The number of ether oxygens (including phenoxy) is 2. The summed E-state index contributed by atoms with van der Waals surface area (Å²) < 4.78 is 41.2. The first-order valence-corrected chi connectivity index (χ1v) is 15.4. The second kappa shape index (κ2) is 13.5. The molecule has 0 unspecified atom stereocenters. The van der Waals surface area contributed by atoms with E-state index in [0.717, 1.165) is 54.3 Å². The van der Waals surface area contributed by atoms with Crippen molar-refractivity contribution in [2.24, 2.45) is 0 Å². The van der Waals surface area contributed by atoms with E-state index in [1.165, 1.54) is 4.31 Å². The molecule has 216 valence electrons. The molecule has 4 rings (SSSR count). The third-order valence-corrected chi connectivity index (χ3v) is 9.23. The summed E-state index contributed by atoms with van der Waals surface area (Å²) in [5, 5.41) is 12.5. The van der Waals surface area contributed by atoms with Gasteiger partial charge in [0.15, 0.2) is 0 Å². The predicted octanol–water partition coefficient (Wildman–Crippen LogP) is 3.17. The summed E-state index contributed by atoms with van der Waals surface area (Å²) in [5.74, 6) is -0.430. The molecule has 40 heavy (non-hydrogen) atoms. The van der Waals surface area contributed by atoms with Crippen molar-refractivity contribution in [3.63, 3.8) is 0 Å². The van der Waals surface area contributed by atoms with E-state index in [2.05, 4.69) is 10.2 Å². The van der Waals surface area contributed by atoms with Gasteiger partial charge in [0, 0.05) is 57.3 Å². The lowest BCUT2D eigenvalue weighted by Crippen LogP contribution is -2.40. The van der Waals surface area contributed by atoms with Crippen LogP contribution in [-0.2, 0) is 24.3 Å². The molecule has 0 radical (unpaired) electrons. The van der Waals surface area contributed by atoms with Gasteiger partial charge in [-0.25, -0.2) is 8.42 Å². The van der Waals surface area contributed by atoms with Crippen LogP contribution in [0.2, 0.25) is 0 Å². The number of carbonyl (C=O) groups excluding carboxylic acids is 1. The highest BCUT2D eigenvalue weighted by atomic mass is 32.2. The number of hydrogen-bond donors (Lipinski definition) is 1. The predicted molar refractivity (Wildman–Crippen MR) is 154 cm³/mol. The topological polar surface area (TPSA) is 117 Å². The zero-order valence-corrected chi connectivity index (χ0v) is 24.4. The number of benzene rings is 1. The molecule has 1 aromatic carbocycles. The van der Waals surface area contributed by atoms with Crippen LogP contribution in [0, 0.1) is 25.2 Å². The van der Waals surface area contributed by atoms with Crippen LogP contribution in [0.3, 0.4) is 0 Å². The van der Waals surface area contributed by atoms with Crippen molar-refractivity contribution in [3.05, 3.63) is 46.8 Å². The number of aromatic nitrogens is 1. The summed E-state index contributed by atoms with van der Waals surface area (Å²) in [6.45, 7) is 10.6. The zero-order chi connectivity index (χ0) is 28.7. The molecule has 11 heteroatoms. The normalized spacial score (nSPS) is 16.8. The molecule has 1 amide bonds. The fourth-order valence-electron chi connectivity index (χ4n) is 5.23. The summed E-state index contributed by atoms with van der Waals surface area (Å²) in [4.78, 5) is 15.2. The zero-order valence-electron chi connectivity index (χ0n) is 23.6. The van der Waals surface area contributed by atoms with Crippen LogP contribution in [0.4, 0.5) is 5.69 Å². The van der Waals surface area contributed by atoms with Crippen LogP contribution in [0.15, 0.2) is 34.7 Å². The largest absolute Gasteiger partial charge is 0.382 e. The molecule has 2 aliphatic heterocycles. The van der Waals surface area contributed by atoms with Gasteiger partial charge in [0.25, 0.3) is 5.91 Å². The van der Waals surface area contributed by atoms with Crippen LogP contribution >= 0.6 is 0 Å². The number of morpholine rings is 1. The summed E-state index contributed by atoms with van der Waals surface area (Å²) in [7, 11) is -3.70. The average molecular weight is 570 g/mol. The molecular weight excluding hydrogens is 530 g/mol. The number of hydrogen-bond acceptors (Lipinski definition) is 7. The summed E-state index contributed by atoms with van der Waals surface area (Å²) in [6, 6.07) is 9.30. The standard InChI is InChI=1S/C29H39N5O5S/c1-4-38-15-7-10-31-29(35)25(21-30)19-24-18-22(2)34(23(24)3)28-20-26(8-9-27(28)32-11-5-6-12-32)40(36,37)33-13-16-39-17-14-33/h8-9,18-20H,4-7,10-17H2,1-3H3,(H,31,35)/b25-19+. The van der Waals surface area contributed by atoms with Crippen molar-refractivity contribution in [2.45, 2.75) is 44.9 Å². The van der Waals surface area contributed by atoms with E-state index < -0.39 is 15.9 Å². The highest BCUT2D eigenvalue weighted by Gasteiger charge is 2.29. The molecule has 10 nitrogen and oxygen atoms in total. The molecule has 0 saturated carbocycles. The molecule has 1 N–H and O–H groups in total. The lowest BCUT2D eigenvalue weighted by molar-refractivity contribution is -0.117. The van der Waals surface area contributed by atoms with Gasteiger partial charge in [-0.3, -0.25) is 4.79 Å². The molecule has 0 spiro atoms. The van der Waals surface area contributed by atoms with Gasteiger partial charge in [-0.1, -0.05) is 0 Å². The minimum absolute atomic E-state index is 0.0140. The van der Waals surface area contributed by atoms with Gasteiger partial charge in [-0.15, -0.1) is 0 Å². The molecule has 2 fully saturated rings. The first-order valence-electron chi connectivity index (χ1n) is 13.9. The molecule has 2 aromatic rings. The summed E-state index contributed by atoms with van der Waals surface area (Å²) in [5.41, 5.74) is 4.16. The van der Waals surface area contributed by atoms with Crippen LogP contribution in [-0.4, -0.2) is 82.3 Å². The molecule has 1 aromatic heterocycles. The number of sulfonamides is 1. The minimum Gasteiger partial charge on any atom is -0.382 e. The number of rotatable bonds is 11. The Morgan fingerprint density at radius 3 is 2.52 bits per heavy atom. The molecule has 3 heterocycles. The first kappa shape index (κ1) is 29.8. The van der Waals surface area contributed by atoms with Crippen molar-refractivity contribution >= 4 is 27.7 Å². The Labute approximate surface area is 237 Å². The Bertz CT molecular complexity index is 1380. The Hall–Kier alpha value is -3.17. The Balaban J connectivity index is 1.70. The van der Waals surface area contributed by atoms with Crippen molar-refractivity contribution in [1.82, 2.24) is 14.2 Å². The van der Waals surface area contributed by atoms with Gasteiger partial charge in [0.2, 0.25) is 10.0 Å². The monoisotopic (exact) mass is 569 g/mol. The maximum absolute atomic E-state index is 13.5. The van der Waals surface area contributed by atoms with E-state index in [1.807, 2.05) is 43.5 Å². The third-order valence-electron chi connectivity index (χ3n) is 7.33. The number of carbonyl (C=O) groups is 1. The Kier molecular flexibility index (Phi) is 10.0. The smallest absolute Gasteiger partial charge is 0.261 e. The van der Waals surface area contributed by atoms with Gasteiger partial charge in [0.05, 0.1) is 29.5 Å². The van der Waals surface area contributed by atoms with Crippen LogP contribution in [0.5, 0.6) is 0 Å². The molecule has 0 aliphatic carbocycles. The summed E-state index contributed by atoms with van der Waals surface area (Å²) in [6.07, 6.45) is 4.42.